The summed E-state index contributed by atoms with van der Waals surface area (Å²) >= 11 is 5.71. The molecule has 0 bridgehead atoms. The van der Waals surface area contributed by atoms with Gasteiger partial charge in [-0.1, -0.05) is 20.8 Å². The van der Waals surface area contributed by atoms with Gasteiger partial charge in [0.2, 0.25) is 5.91 Å². The van der Waals surface area contributed by atoms with Crippen molar-refractivity contribution < 1.29 is 9.53 Å². The third-order valence-electron chi connectivity index (χ3n) is 3.54. The van der Waals surface area contributed by atoms with Crippen LogP contribution >= 0.6 is 11.6 Å². The molecule has 0 saturated heterocycles. The van der Waals surface area contributed by atoms with Gasteiger partial charge in [-0.05, 0) is 36.7 Å². The van der Waals surface area contributed by atoms with E-state index in [0.29, 0.717) is 18.6 Å². The summed E-state index contributed by atoms with van der Waals surface area (Å²) in [4.78, 5) is 13.7. The van der Waals surface area contributed by atoms with Gasteiger partial charge in [0, 0.05) is 12.8 Å². The Balaban J connectivity index is 3.13. The molecular formula is C14H24ClNO2. The molecule has 104 valence electrons. The second-order valence-corrected chi connectivity index (χ2v) is 5.50. The largest absolute Gasteiger partial charge is 0.364 e. The van der Waals surface area contributed by atoms with E-state index in [1.807, 2.05) is 0 Å². The monoisotopic (exact) mass is 273 g/mol. The van der Waals surface area contributed by atoms with Crippen molar-refractivity contribution in [3.63, 3.8) is 0 Å². The number of rotatable bonds is 5. The first-order valence-electron chi connectivity index (χ1n) is 6.61. The Morgan fingerprint density at radius 1 is 1.56 bits per heavy atom. The molecule has 0 saturated carbocycles. The number of hydrogen-bond donors (Lipinski definition) is 0. The van der Waals surface area contributed by atoms with Gasteiger partial charge in [0.25, 0.3) is 0 Å². The first-order chi connectivity index (χ1) is 8.52. The van der Waals surface area contributed by atoms with Crippen LogP contribution in [0.25, 0.3) is 0 Å². The quantitative estimate of drug-likeness (QED) is 0.568. The molecule has 0 aromatic carbocycles. The lowest BCUT2D eigenvalue weighted by molar-refractivity contribution is -0.131. The van der Waals surface area contributed by atoms with Gasteiger partial charge in [0.05, 0.1) is 0 Å². The van der Waals surface area contributed by atoms with E-state index in [1.165, 1.54) is 12.0 Å². The molecule has 0 radical (unpaired) electrons. The van der Waals surface area contributed by atoms with Gasteiger partial charge >= 0.3 is 0 Å². The fourth-order valence-corrected chi connectivity index (χ4v) is 2.83. The Bertz CT molecular complexity index is 326. The smallest absolute Gasteiger partial charge is 0.243 e. The highest BCUT2D eigenvalue weighted by molar-refractivity contribution is 6.27. The summed E-state index contributed by atoms with van der Waals surface area (Å²) in [5.41, 5.74) is 2.52. The zero-order valence-corrected chi connectivity index (χ0v) is 12.6. The molecule has 0 aromatic rings. The van der Waals surface area contributed by atoms with Crippen LogP contribution in [0.15, 0.2) is 11.3 Å². The fraction of sp³-hybridized carbons (Fsp3) is 0.786. The number of carbonyl (C=O) groups is 1. The van der Waals surface area contributed by atoms with Crippen LogP contribution < -0.4 is 0 Å². The SMILES string of the molecule is COCN(C(=O)CCl)C1=C(C(C)C)CCCC1C. The Hall–Kier alpha value is -0.540. The lowest BCUT2D eigenvalue weighted by Gasteiger charge is -2.35. The normalized spacial score (nSPS) is 20.4. The van der Waals surface area contributed by atoms with Crippen molar-refractivity contribution >= 4 is 17.5 Å². The maximum absolute atomic E-state index is 12.0. The van der Waals surface area contributed by atoms with E-state index in [9.17, 15) is 4.79 Å². The molecule has 1 unspecified atom stereocenters. The minimum Gasteiger partial charge on any atom is -0.364 e. The summed E-state index contributed by atoms with van der Waals surface area (Å²) < 4.78 is 5.17. The number of carbonyl (C=O) groups excluding carboxylic acids is 1. The average molecular weight is 274 g/mol. The highest BCUT2D eigenvalue weighted by atomic mass is 35.5. The van der Waals surface area contributed by atoms with Crippen molar-refractivity contribution in [2.45, 2.75) is 40.0 Å². The van der Waals surface area contributed by atoms with Crippen LogP contribution in [-0.4, -0.2) is 30.5 Å². The van der Waals surface area contributed by atoms with E-state index < -0.39 is 0 Å². The second kappa shape index (κ2) is 7.15. The third-order valence-corrected chi connectivity index (χ3v) is 3.77. The van der Waals surface area contributed by atoms with Crippen molar-refractivity contribution in [2.75, 3.05) is 19.7 Å². The molecule has 18 heavy (non-hydrogen) atoms. The predicted molar refractivity (Wildman–Crippen MR) is 74.3 cm³/mol. The molecule has 1 aliphatic carbocycles. The fourth-order valence-electron chi connectivity index (χ4n) is 2.68. The topological polar surface area (TPSA) is 29.5 Å². The number of halogens is 1. The van der Waals surface area contributed by atoms with E-state index in [0.717, 1.165) is 18.5 Å². The third kappa shape index (κ3) is 3.48. The summed E-state index contributed by atoms with van der Waals surface area (Å²) in [7, 11) is 1.61. The molecule has 1 rings (SSSR count). The van der Waals surface area contributed by atoms with Crippen LogP contribution in [0.5, 0.6) is 0 Å². The van der Waals surface area contributed by atoms with Crippen LogP contribution in [0.2, 0.25) is 0 Å². The van der Waals surface area contributed by atoms with Gasteiger partial charge in [-0.15, -0.1) is 11.6 Å². The van der Waals surface area contributed by atoms with Gasteiger partial charge in [-0.2, -0.15) is 0 Å². The lowest BCUT2D eigenvalue weighted by atomic mass is 9.82. The van der Waals surface area contributed by atoms with Crippen LogP contribution in [-0.2, 0) is 9.53 Å². The molecular weight excluding hydrogens is 250 g/mol. The minimum absolute atomic E-state index is 0.00492. The molecule has 0 N–H and O–H groups in total. The molecule has 0 aliphatic heterocycles. The van der Waals surface area contributed by atoms with E-state index in [1.54, 1.807) is 12.0 Å². The molecule has 1 amide bonds. The number of allylic oxidation sites excluding steroid dienone is 2. The van der Waals surface area contributed by atoms with Crippen LogP contribution in [0.3, 0.4) is 0 Å². The number of ether oxygens (including phenoxy) is 1. The van der Waals surface area contributed by atoms with E-state index in [4.69, 9.17) is 16.3 Å². The second-order valence-electron chi connectivity index (χ2n) is 5.23. The first-order valence-corrected chi connectivity index (χ1v) is 7.14. The van der Waals surface area contributed by atoms with Crippen molar-refractivity contribution in [1.29, 1.82) is 0 Å². The Kier molecular flexibility index (Phi) is 6.16. The molecule has 0 heterocycles. The highest BCUT2D eigenvalue weighted by Crippen LogP contribution is 2.36. The Morgan fingerprint density at radius 2 is 2.22 bits per heavy atom. The van der Waals surface area contributed by atoms with Crippen molar-refractivity contribution in [2.24, 2.45) is 11.8 Å². The molecule has 1 atom stereocenters. The number of hydrogen-bond acceptors (Lipinski definition) is 2. The van der Waals surface area contributed by atoms with Crippen LogP contribution in [0.4, 0.5) is 0 Å². The summed E-state index contributed by atoms with van der Waals surface area (Å²) in [5.74, 6) is 0.800. The summed E-state index contributed by atoms with van der Waals surface area (Å²) in [6.45, 7) is 6.84. The van der Waals surface area contributed by atoms with Crippen LogP contribution in [0.1, 0.15) is 40.0 Å². The zero-order chi connectivity index (χ0) is 13.7. The van der Waals surface area contributed by atoms with Gasteiger partial charge in [0.1, 0.15) is 12.6 Å². The highest BCUT2D eigenvalue weighted by Gasteiger charge is 2.28. The number of nitrogens with zero attached hydrogens (tertiary/aromatic N) is 1. The van der Waals surface area contributed by atoms with Gasteiger partial charge in [-0.25, -0.2) is 0 Å². The summed E-state index contributed by atoms with van der Waals surface area (Å²) in [6.07, 6.45) is 3.41. The van der Waals surface area contributed by atoms with E-state index in [2.05, 4.69) is 20.8 Å². The van der Waals surface area contributed by atoms with Gasteiger partial charge in [0.15, 0.2) is 0 Å². The lowest BCUT2D eigenvalue weighted by Crippen LogP contribution is -2.38. The molecule has 0 fully saturated rings. The number of amides is 1. The summed E-state index contributed by atoms with van der Waals surface area (Å²) in [6, 6.07) is 0. The standard InChI is InChI=1S/C14H24ClNO2/c1-10(2)12-7-5-6-11(3)14(12)16(9-18-4)13(17)8-15/h10-11H,5-9H2,1-4H3. The minimum atomic E-state index is -0.0691. The summed E-state index contributed by atoms with van der Waals surface area (Å²) in [5, 5.41) is 0. The predicted octanol–water partition coefficient (Wildman–Crippen LogP) is 3.39. The Labute approximate surface area is 115 Å². The number of methoxy groups -OCH3 is 1. The number of alkyl halides is 1. The van der Waals surface area contributed by atoms with Crippen molar-refractivity contribution in [3.8, 4) is 0 Å². The van der Waals surface area contributed by atoms with Gasteiger partial charge < -0.3 is 4.74 Å². The molecule has 3 nitrogen and oxygen atoms in total. The Morgan fingerprint density at radius 3 is 2.72 bits per heavy atom. The first kappa shape index (κ1) is 15.5. The maximum Gasteiger partial charge on any atom is 0.243 e. The van der Waals surface area contributed by atoms with Crippen LogP contribution in [0, 0.1) is 11.8 Å². The van der Waals surface area contributed by atoms with Crippen molar-refractivity contribution in [3.05, 3.63) is 11.3 Å². The molecule has 1 aliphatic rings. The molecule has 0 spiro atoms. The molecule has 4 heteroatoms. The molecule has 0 aromatic heterocycles. The van der Waals surface area contributed by atoms with Gasteiger partial charge in [-0.3, -0.25) is 9.69 Å². The average Bonchev–Trinajstić information content (AvgIpc) is 2.35. The van der Waals surface area contributed by atoms with E-state index >= 15 is 0 Å². The maximum atomic E-state index is 12.0. The van der Waals surface area contributed by atoms with E-state index in [-0.39, 0.29) is 11.8 Å². The zero-order valence-electron chi connectivity index (χ0n) is 11.8. The van der Waals surface area contributed by atoms with Crippen molar-refractivity contribution in [1.82, 2.24) is 4.90 Å².